The normalized spacial score (nSPS) is 11.3. The highest BCUT2D eigenvalue weighted by Crippen LogP contribution is 2.15. The number of hydrogen-bond donors (Lipinski definition) is 1. The minimum absolute atomic E-state index is 0.0384. The molecule has 2 rings (SSSR count). The molecule has 0 bridgehead atoms. The molecule has 0 saturated carbocycles. The number of nitrogens with zero attached hydrogens (tertiary/aromatic N) is 1. The van der Waals surface area contributed by atoms with Crippen LogP contribution in [0.5, 0.6) is 5.75 Å². The summed E-state index contributed by atoms with van der Waals surface area (Å²) in [4.78, 5) is 14.0. The van der Waals surface area contributed by atoms with E-state index in [4.69, 9.17) is 4.74 Å². The molecule has 0 fully saturated rings. The number of carbonyl (C=O) groups is 1. The molecular weight excluding hydrogens is 340 g/mol. The van der Waals surface area contributed by atoms with Gasteiger partial charge in [0.2, 0.25) is 5.91 Å². The third kappa shape index (κ3) is 5.88. The Labute approximate surface area is 148 Å². The Morgan fingerprint density at radius 2 is 1.72 bits per heavy atom. The van der Waals surface area contributed by atoms with Crippen LogP contribution in [0.4, 0.5) is 5.69 Å². The van der Waals surface area contributed by atoms with E-state index in [2.05, 4.69) is 5.32 Å². The van der Waals surface area contributed by atoms with Crippen LogP contribution in [0.1, 0.15) is 0 Å². The van der Waals surface area contributed by atoms with Crippen molar-refractivity contribution in [2.45, 2.75) is 4.90 Å². The minimum Gasteiger partial charge on any atom is -0.497 e. The van der Waals surface area contributed by atoms with E-state index in [9.17, 15) is 13.2 Å². The van der Waals surface area contributed by atoms with Crippen molar-refractivity contribution < 1.29 is 17.9 Å². The summed E-state index contributed by atoms with van der Waals surface area (Å²) in [6.45, 7) is 0.379. The zero-order valence-electron chi connectivity index (χ0n) is 14.3. The number of benzene rings is 2. The Balaban J connectivity index is 1.83. The topological polar surface area (TPSA) is 75.7 Å². The van der Waals surface area contributed by atoms with Gasteiger partial charge >= 0.3 is 0 Å². The van der Waals surface area contributed by atoms with Crippen molar-refractivity contribution in [2.75, 3.05) is 38.3 Å². The van der Waals surface area contributed by atoms with Gasteiger partial charge in [-0.25, -0.2) is 8.42 Å². The van der Waals surface area contributed by atoms with E-state index < -0.39 is 9.84 Å². The van der Waals surface area contributed by atoms with Crippen molar-refractivity contribution in [3.8, 4) is 5.75 Å². The summed E-state index contributed by atoms with van der Waals surface area (Å²) in [5.41, 5.74) is 0.663. The van der Waals surface area contributed by atoms with Gasteiger partial charge in [-0.15, -0.1) is 0 Å². The van der Waals surface area contributed by atoms with E-state index in [0.717, 1.165) is 0 Å². The summed E-state index contributed by atoms with van der Waals surface area (Å²) in [6.07, 6.45) is 0. The van der Waals surface area contributed by atoms with E-state index >= 15 is 0 Å². The van der Waals surface area contributed by atoms with Gasteiger partial charge in [-0.05, 0) is 43.4 Å². The van der Waals surface area contributed by atoms with Gasteiger partial charge in [0.15, 0.2) is 9.84 Å². The highest BCUT2D eigenvalue weighted by atomic mass is 32.2. The molecule has 0 spiro atoms. The number of hydrogen-bond acceptors (Lipinski definition) is 5. The molecule has 0 radical (unpaired) electrons. The van der Waals surface area contributed by atoms with Crippen LogP contribution in [0.2, 0.25) is 0 Å². The van der Waals surface area contributed by atoms with Crippen LogP contribution in [0.25, 0.3) is 0 Å². The largest absolute Gasteiger partial charge is 0.497 e. The number of ether oxygens (including phenoxy) is 1. The number of anilines is 1. The van der Waals surface area contributed by atoms with Crippen LogP contribution >= 0.6 is 0 Å². The summed E-state index contributed by atoms with van der Waals surface area (Å²) in [6, 6.07) is 15.3. The Morgan fingerprint density at radius 1 is 1.08 bits per heavy atom. The smallest absolute Gasteiger partial charge is 0.238 e. The SMILES string of the molecule is COc1ccc(NC(=O)CN(C)CCS(=O)(=O)c2ccccc2)cc1. The number of amides is 1. The fourth-order valence-corrected chi connectivity index (χ4v) is 3.58. The lowest BCUT2D eigenvalue weighted by atomic mass is 10.3. The molecule has 0 heterocycles. The van der Waals surface area contributed by atoms with E-state index in [1.165, 1.54) is 0 Å². The van der Waals surface area contributed by atoms with Crippen LogP contribution < -0.4 is 10.1 Å². The third-order valence-electron chi connectivity index (χ3n) is 3.63. The van der Waals surface area contributed by atoms with Crippen molar-refractivity contribution >= 4 is 21.4 Å². The Kier molecular flexibility index (Phi) is 6.55. The number of carbonyl (C=O) groups excluding carboxylic acids is 1. The van der Waals surface area contributed by atoms with Crippen LogP contribution in [0.15, 0.2) is 59.5 Å². The molecule has 2 aromatic carbocycles. The van der Waals surface area contributed by atoms with Crippen LogP contribution in [-0.2, 0) is 14.6 Å². The first kappa shape index (κ1) is 19.0. The third-order valence-corrected chi connectivity index (χ3v) is 5.34. The van der Waals surface area contributed by atoms with Gasteiger partial charge in [0.05, 0.1) is 24.3 Å². The zero-order valence-corrected chi connectivity index (χ0v) is 15.1. The van der Waals surface area contributed by atoms with E-state index in [1.54, 1.807) is 73.7 Å². The molecule has 7 heteroatoms. The van der Waals surface area contributed by atoms with Crippen LogP contribution in [0, 0.1) is 0 Å². The number of nitrogens with one attached hydrogen (secondary N) is 1. The molecular formula is C18H22N2O4S. The standard InChI is InChI=1S/C18H22N2O4S/c1-20(12-13-25(22,23)17-6-4-3-5-7-17)14-18(21)19-15-8-10-16(24-2)11-9-15/h3-11H,12-14H2,1-2H3,(H,19,21). The lowest BCUT2D eigenvalue weighted by Crippen LogP contribution is -2.33. The van der Waals surface area contributed by atoms with Crippen molar-refractivity contribution in [1.29, 1.82) is 0 Å². The van der Waals surface area contributed by atoms with Gasteiger partial charge in [0, 0.05) is 12.2 Å². The first-order valence-corrected chi connectivity index (χ1v) is 9.46. The van der Waals surface area contributed by atoms with Gasteiger partial charge in [-0.2, -0.15) is 0 Å². The second kappa shape index (κ2) is 8.64. The Bertz CT molecular complexity index is 790. The number of rotatable bonds is 8. The highest BCUT2D eigenvalue weighted by molar-refractivity contribution is 7.91. The molecule has 6 nitrogen and oxygen atoms in total. The maximum absolute atomic E-state index is 12.2. The van der Waals surface area contributed by atoms with Crippen molar-refractivity contribution in [3.05, 3.63) is 54.6 Å². The Morgan fingerprint density at radius 3 is 2.32 bits per heavy atom. The lowest BCUT2D eigenvalue weighted by Gasteiger charge is -2.16. The van der Waals surface area contributed by atoms with Crippen molar-refractivity contribution in [2.24, 2.45) is 0 Å². The average Bonchev–Trinajstić information content (AvgIpc) is 2.61. The average molecular weight is 362 g/mol. The molecule has 0 saturated heterocycles. The molecule has 134 valence electrons. The van der Waals surface area contributed by atoms with Crippen LogP contribution in [-0.4, -0.2) is 52.2 Å². The summed E-state index contributed by atoms with van der Waals surface area (Å²) in [7, 11) is -0.0532. The fraction of sp³-hybridized carbons (Fsp3) is 0.278. The maximum atomic E-state index is 12.2. The summed E-state index contributed by atoms with van der Waals surface area (Å²) in [5.74, 6) is 0.467. The molecule has 2 aromatic rings. The number of likely N-dealkylation sites (N-methyl/N-ethyl adjacent to an activating group) is 1. The van der Waals surface area contributed by atoms with Gasteiger partial charge in [-0.3, -0.25) is 9.69 Å². The molecule has 0 atom stereocenters. The van der Waals surface area contributed by atoms with Crippen molar-refractivity contribution in [3.63, 3.8) is 0 Å². The minimum atomic E-state index is -3.34. The monoisotopic (exact) mass is 362 g/mol. The molecule has 0 aromatic heterocycles. The van der Waals surface area contributed by atoms with E-state index in [-0.39, 0.29) is 24.7 Å². The van der Waals surface area contributed by atoms with Gasteiger partial charge in [0.1, 0.15) is 5.75 Å². The predicted molar refractivity (Wildman–Crippen MR) is 97.6 cm³/mol. The van der Waals surface area contributed by atoms with Gasteiger partial charge in [-0.1, -0.05) is 18.2 Å². The quantitative estimate of drug-likeness (QED) is 0.778. The summed E-state index contributed by atoms with van der Waals surface area (Å²) >= 11 is 0. The zero-order chi connectivity index (χ0) is 18.3. The molecule has 0 aliphatic rings. The number of methoxy groups -OCH3 is 1. The Hall–Kier alpha value is -2.38. The maximum Gasteiger partial charge on any atom is 0.238 e. The fourth-order valence-electron chi connectivity index (χ4n) is 2.22. The summed E-state index contributed by atoms with van der Waals surface area (Å²) in [5, 5.41) is 2.77. The predicted octanol–water partition coefficient (Wildman–Crippen LogP) is 2.04. The van der Waals surface area contributed by atoms with Crippen LogP contribution in [0.3, 0.4) is 0 Å². The first-order valence-electron chi connectivity index (χ1n) is 7.81. The lowest BCUT2D eigenvalue weighted by molar-refractivity contribution is -0.117. The van der Waals surface area contributed by atoms with E-state index in [0.29, 0.717) is 16.3 Å². The molecule has 25 heavy (non-hydrogen) atoms. The highest BCUT2D eigenvalue weighted by Gasteiger charge is 2.16. The molecule has 0 unspecified atom stereocenters. The summed E-state index contributed by atoms with van der Waals surface area (Å²) < 4.78 is 29.5. The molecule has 0 aliphatic heterocycles. The second-order valence-corrected chi connectivity index (χ2v) is 7.76. The van der Waals surface area contributed by atoms with Gasteiger partial charge < -0.3 is 10.1 Å². The van der Waals surface area contributed by atoms with E-state index in [1.807, 2.05) is 0 Å². The molecule has 1 N–H and O–H groups in total. The molecule has 0 aliphatic carbocycles. The first-order chi connectivity index (χ1) is 11.9. The van der Waals surface area contributed by atoms with Gasteiger partial charge in [0.25, 0.3) is 0 Å². The number of sulfone groups is 1. The second-order valence-electron chi connectivity index (χ2n) is 5.65. The molecule has 1 amide bonds. The van der Waals surface area contributed by atoms with Crippen molar-refractivity contribution in [1.82, 2.24) is 4.90 Å².